The zero-order valence-corrected chi connectivity index (χ0v) is 20.9. The van der Waals surface area contributed by atoms with Crippen LogP contribution in [0.1, 0.15) is 0 Å². The third kappa shape index (κ3) is 15.9. The first kappa shape index (κ1) is 30.5. The molecule has 2 aromatic rings. The maximum absolute atomic E-state index is 10.7. The Bertz CT molecular complexity index is 744. The van der Waals surface area contributed by atoms with Crippen molar-refractivity contribution in [1.29, 1.82) is 0 Å². The minimum atomic E-state index is -0.854. The van der Waals surface area contributed by atoms with Gasteiger partial charge in [0, 0.05) is 23.7 Å². The molecule has 2 unspecified atom stereocenters. The number of hydrogen-bond donors (Lipinski definition) is 2. The summed E-state index contributed by atoms with van der Waals surface area (Å²) in [5.41, 5.74) is 0. The second-order valence-corrected chi connectivity index (χ2v) is 6.07. The standard InChI is InChI=1S/2C12H13O4.Y/c2*1-2-12(14)16-9-10(13)8-15-11-6-4-3-5-7-11;/h2*2,4-7,10,13H,1,8-9H2;/q2*-1;+3. The number of benzene rings is 2. The average Bonchev–Trinajstić information content (AvgIpc) is 2.84. The van der Waals surface area contributed by atoms with E-state index in [1.807, 2.05) is 0 Å². The topological polar surface area (TPSA) is 112 Å². The van der Waals surface area contributed by atoms with Crippen LogP contribution in [0, 0.1) is 12.1 Å². The molecule has 0 aliphatic heterocycles. The number of esters is 2. The number of carbonyl (C=O) groups is 2. The molecular formula is C24H26O8Y+. The first-order valence-electron chi connectivity index (χ1n) is 9.57. The van der Waals surface area contributed by atoms with Crippen LogP contribution in [0.15, 0.2) is 73.8 Å². The molecule has 172 valence electrons. The van der Waals surface area contributed by atoms with E-state index >= 15 is 0 Å². The van der Waals surface area contributed by atoms with Crippen molar-refractivity contribution < 1.29 is 71.5 Å². The monoisotopic (exact) mass is 531 g/mol. The second-order valence-electron chi connectivity index (χ2n) is 6.07. The molecule has 2 N–H and O–H groups in total. The third-order valence-corrected chi connectivity index (χ3v) is 3.43. The van der Waals surface area contributed by atoms with Crippen molar-refractivity contribution in [1.82, 2.24) is 0 Å². The molecule has 0 bridgehead atoms. The Morgan fingerprint density at radius 3 is 1.39 bits per heavy atom. The minimum absolute atomic E-state index is 0. The van der Waals surface area contributed by atoms with Gasteiger partial charge >= 0.3 is 44.6 Å². The Kier molecular flexibility index (Phi) is 17.6. The van der Waals surface area contributed by atoms with Gasteiger partial charge in [0.25, 0.3) is 0 Å². The molecule has 2 atom stereocenters. The predicted octanol–water partition coefficient (Wildman–Crippen LogP) is 1.91. The van der Waals surface area contributed by atoms with E-state index in [-0.39, 0.29) is 59.1 Å². The Labute approximate surface area is 218 Å². The zero-order chi connectivity index (χ0) is 23.6. The van der Waals surface area contributed by atoms with Crippen LogP contribution in [0.25, 0.3) is 0 Å². The van der Waals surface area contributed by atoms with Gasteiger partial charge in [-0.2, -0.15) is 36.4 Å². The molecule has 8 nitrogen and oxygen atoms in total. The van der Waals surface area contributed by atoms with Gasteiger partial charge < -0.3 is 29.2 Å². The molecule has 0 amide bonds. The van der Waals surface area contributed by atoms with E-state index < -0.39 is 24.1 Å². The third-order valence-electron chi connectivity index (χ3n) is 3.43. The van der Waals surface area contributed by atoms with Gasteiger partial charge in [-0.3, -0.25) is 0 Å². The zero-order valence-electron chi connectivity index (χ0n) is 18.1. The molecule has 33 heavy (non-hydrogen) atoms. The molecular weight excluding hydrogens is 505 g/mol. The Hall–Kier alpha value is -2.52. The SMILES string of the molecule is C=CC(=O)OCC(O)COc1cc[c-]cc1.C=CC(=O)OCC(O)COc1cc[c-]cc1.[Y+3]. The largest absolute Gasteiger partial charge is 3.00 e. The fourth-order valence-corrected chi connectivity index (χ4v) is 1.89. The second kappa shape index (κ2) is 19.0. The van der Waals surface area contributed by atoms with Crippen LogP contribution in [0.2, 0.25) is 0 Å². The summed E-state index contributed by atoms with van der Waals surface area (Å²) in [4.78, 5) is 21.4. The van der Waals surface area contributed by atoms with E-state index in [9.17, 15) is 19.8 Å². The van der Waals surface area contributed by atoms with Crippen molar-refractivity contribution >= 4 is 11.9 Å². The van der Waals surface area contributed by atoms with Gasteiger partial charge in [0.2, 0.25) is 0 Å². The molecule has 0 aromatic heterocycles. The van der Waals surface area contributed by atoms with E-state index in [4.69, 9.17) is 9.47 Å². The molecule has 0 aliphatic carbocycles. The average molecular weight is 531 g/mol. The summed E-state index contributed by atoms with van der Waals surface area (Å²) in [5.74, 6) is 0.141. The van der Waals surface area contributed by atoms with Crippen molar-refractivity contribution in [2.75, 3.05) is 26.4 Å². The van der Waals surface area contributed by atoms with E-state index in [1.165, 1.54) is 0 Å². The molecule has 0 spiro atoms. The van der Waals surface area contributed by atoms with Crippen molar-refractivity contribution in [3.8, 4) is 11.5 Å². The van der Waals surface area contributed by atoms with Crippen molar-refractivity contribution in [2.45, 2.75) is 12.2 Å². The van der Waals surface area contributed by atoms with Crippen LogP contribution >= 0.6 is 0 Å². The van der Waals surface area contributed by atoms with Crippen LogP contribution in [-0.4, -0.2) is 60.8 Å². The summed E-state index contributed by atoms with van der Waals surface area (Å²) in [6.45, 7) is 6.40. The summed E-state index contributed by atoms with van der Waals surface area (Å²) in [6.07, 6.45) is 0.377. The van der Waals surface area contributed by atoms with E-state index in [1.54, 1.807) is 48.5 Å². The summed E-state index contributed by atoms with van der Waals surface area (Å²) >= 11 is 0. The van der Waals surface area contributed by atoms with Crippen molar-refractivity contribution in [3.05, 3.63) is 86.0 Å². The first-order chi connectivity index (χ1) is 15.4. The molecule has 0 saturated carbocycles. The van der Waals surface area contributed by atoms with Gasteiger partial charge in [-0.15, -0.1) is 24.3 Å². The fraction of sp³-hybridized carbons (Fsp3) is 0.250. The number of ether oxygens (including phenoxy) is 4. The predicted molar refractivity (Wildman–Crippen MR) is 116 cm³/mol. The summed E-state index contributed by atoms with van der Waals surface area (Å²) in [5, 5.41) is 18.8. The van der Waals surface area contributed by atoms with Crippen molar-refractivity contribution in [3.63, 3.8) is 0 Å². The number of carbonyl (C=O) groups excluding carboxylic acids is 2. The Morgan fingerprint density at radius 1 is 0.758 bits per heavy atom. The maximum atomic E-state index is 10.7. The number of rotatable bonds is 12. The fourth-order valence-electron chi connectivity index (χ4n) is 1.89. The van der Waals surface area contributed by atoms with Crippen LogP contribution in [-0.2, 0) is 51.8 Å². The molecule has 0 aliphatic rings. The maximum Gasteiger partial charge on any atom is 3.00 e. The van der Waals surface area contributed by atoms with Crippen LogP contribution in [0.3, 0.4) is 0 Å². The molecule has 0 fully saturated rings. The molecule has 2 aromatic carbocycles. The molecule has 2 rings (SSSR count). The summed E-state index contributed by atoms with van der Waals surface area (Å²) in [6, 6.07) is 19.4. The van der Waals surface area contributed by atoms with Gasteiger partial charge in [-0.1, -0.05) is 13.2 Å². The van der Waals surface area contributed by atoms with E-state index in [2.05, 4.69) is 34.8 Å². The van der Waals surface area contributed by atoms with Crippen LogP contribution in [0.5, 0.6) is 11.5 Å². The Balaban J connectivity index is 0.000000602. The number of aliphatic hydroxyl groups is 2. The van der Waals surface area contributed by atoms with Gasteiger partial charge in [0.15, 0.2) is 0 Å². The number of aliphatic hydroxyl groups excluding tert-OH is 2. The minimum Gasteiger partial charge on any atom is -0.516 e. The van der Waals surface area contributed by atoms with Gasteiger partial charge in [0.05, 0.1) is 0 Å². The first-order valence-corrected chi connectivity index (χ1v) is 9.57. The molecule has 0 radical (unpaired) electrons. The molecule has 0 saturated heterocycles. The van der Waals surface area contributed by atoms with E-state index in [0.29, 0.717) is 11.5 Å². The normalized spacial score (nSPS) is 11.2. The summed E-state index contributed by atoms with van der Waals surface area (Å²) < 4.78 is 19.8. The molecule has 9 heteroatoms. The quantitative estimate of drug-likeness (QED) is 0.243. The van der Waals surface area contributed by atoms with E-state index in [0.717, 1.165) is 12.2 Å². The van der Waals surface area contributed by atoms with Crippen molar-refractivity contribution in [2.24, 2.45) is 0 Å². The van der Waals surface area contributed by atoms with Gasteiger partial charge in [0.1, 0.15) is 38.6 Å². The smallest absolute Gasteiger partial charge is 0.516 e. The number of hydrogen-bond acceptors (Lipinski definition) is 8. The van der Waals surface area contributed by atoms with Crippen LogP contribution < -0.4 is 9.47 Å². The summed E-state index contributed by atoms with van der Waals surface area (Å²) in [7, 11) is 0. The van der Waals surface area contributed by atoms with Gasteiger partial charge in [-0.25, -0.2) is 9.59 Å². The Morgan fingerprint density at radius 2 is 1.09 bits per heavy atom. The van der Waals surface area contributed by atoms with Gasteiger partial charge in [-0.05, 0) is 0 Å². The van der Waals surface area contributed by atoms with Crippen LogP contribution in [0.4, 0.5) is 0 Å². The molecule has 0 heterocycles.